The topological polar surface area (TPSA) is 196 Å². The SMILES string of the molecule is CC=C(C)C(=O)OC1C(O)C(C)OC(Oc2c(-c3ccc(O)c(O)c3)oc3cc(O)cc(O)c3c2=O)C1O. The van der Waals surface area contributed by atoms with E-state index >= 15 is 0 Å². The smallest absolute Gasteiger partial charge is 0.333 e. The molecule has 0 aliphatic carbocycles. The number of fused-ring (bicyclic) bond motifs is 1. The number of benzene rings is 2. The van der Waals surface area contributed by atoms with Gasteiger partial charge in [0.1, 0.15) is 28.6 Å². The average Bonchev–Trinajstić information content (AvgIpc) is 2.86. The Morgan fingerprint density at radius 3 is 2.37 bits per heavy atom. The van der Waals surface area contributed by atoms with Crippen molar-refractivity contribution < 1.29 is 54.1 Å². The Balaban J connectivity index is 1.83. The molecule has 0 amide bonds. The van der Waals surface area contributed by atoms with E-state index in [9.17, 15) is 40.2 Å². The average molecular weight is 530 g/mol. The van der Waals surface area contributed by atoms with E-state index in [-0.39, 0.29) is 27.9 Å². The molecule has 0 spiro atoms. The fourth-order valence-electron chi connectivity index (χ4n) is 3.91. The summed E-state index contributed by atoms with van der Waals surface area (Å²) >= 11 is 0. The number of phenolic OH excluding ortho intramolecular Hbond substituents is 4. The third kappa shape index (κ3) is 4.84. The van der Waals surface area contributed by atoms with Crippen molar-refractivity contribution in [2.24, 2.45) is 0 Å². The molecule has 0 saturated carbocycles. The Morgan fingerprint density at radius 1 is 1.00 bits per heavy atom. The third-order valence-electron chi connectivity index (χ3n) is 6.17. The molecule has 202 valence electrons. The Bertz CT molecular complexity index is 1470. The van der Waals surface area contributed by atoms with Crippen molar-refractivity contribution in [2.45, 2.75) is 51.5 Å². The predicted octanol–water partition coefficient (Wildman–Crippen LogP) is 2.01. The van der Waals surface area contributed by atoms with Crippen molar-refractivity contribution in [3.05, 3.63) is 52.2 Å². The highest BCUT2D eigenvalue weighted by Crippen LogP contribution is 2.39. The van der Waals surface area contributed by atoms with E-state index in [4.69, 9.17) is 18.6 Å². The standard InChI is InChI=1S/C26H26O12/c1-4-10(2)25(34)37-23-19(31)11(3)35-26(21(23)33)38-24-20(32)18-16(30)8-13(27)9-17(18)36-22(24)12-5-6-14(28)15(29)7-12/h4-9,11,19,21,23,26-31,33H,1-3H3. The number of aliphatic hydroxyl groups is 2. The molecule has 2 aromatic carbocycles. The van der Waals surface area contributed by atoms with Crippen molar-refractivity contribution >= 4 is 16.9 Å². The van der Waals surface area contributed by atoms with E-state index in [1.165, 1.54) is 26.0 Å². The van der Waals surface area contributed by atoms with Gasteiger partial charge < -0.3 is 49.3 Å². The van der Waals surface area contributed by atoms with Gasteiger partial charge in [-0.05, 0) is 39.0 Å². The van der Waals surface area contributed by atoms with Crippen LogP contribution in [-0.4, -0.2) is 67.3 Å². The molecule has 4 rings (SSSR count). The number of allylic oxidation sites excluding steroid dienone is 1. The summed E-state index contributed by atoms with van der Waals surface area (Å²) in [5.41, 5.74) is -0.893. The van der Waals surface area contributed by atoms with Crippen LogP contribution >= 0.6 is 0 Å². The van der Waals surface area contributed by atoms with E-state index in [0.717, 1.165) is 24.3 Å². The fourth-order valence-corrected chi connectivity index (χ4v) is 3.91. The minimum absolute atomic E-state index is 0.0437. The van der Waals surface area contributed by atoms with Crippen molar-refractivity contribution in [2.75, 3.05) is 0 Å². The fraction of sp³-hybridized carbons (Fsp3) is 0.308. The number of hydrogen-bond acceptors (Lipinski definition) is 12. The second-order valence-corrected chi connectivity index (χ2v) is 8.78. The maximum Gasteiger partial charge on any atom is 0.333 e. The summed E-state index contributed by atoms with van der Waals surface area (Å²) < 4.78 is 22.4. The molecule has 6 N–H and O–H groups in total. The van der Waals surface area contributed by atoms with Crippen LogP contribution in [0.3, 0.4) is 0 Å². The monoisotopic (exact) mass is 530 g/mol. The number of carbonyl (C=O) groups is 1. The van der Waals surface area contributed by atoms with Crippen LogP contribution < -0.4 is 10.2 Å². The van der Waals surface area contributed by atoms with Gasteiger partial charge in [-0.2, -0.15) is 0 Å². The zero-order valence-corrected chi connectivity index (χ0v) is 20.5. The molecule has 2 heterocycles. The maximum atomic E-state index is 13.5. The van der Waals surface area contributed by atoms with Crippen LogP contribution in [0.4, 0.5) is 0 Å². The van der Waals surface area contributed by atoms with Gasteiger partial charge in [-0.25, -0.2) is 4.79 Å². The molecule has 1 aromatic heterocycles. The molecule has 1 fully saturated rings. The lowest BCUT2D eigenvalue weighted by atomic mass is 9.99. The van der Waals surface area contributed by atoms with Crippen molar-refractivity contribution in [3.8, 4) is 40.1 Å². The van der Waals surface area contributed by atoms with Crippen LogP contribution in [0.5, 0.6) is 28.7 Å². The number of ether oxygens (including phenoxy) is 3. The summed E-state index contributed by atoms with van der Waals surface area (Å²) in [5, 5.41) is 61.0. The Labute approximate surface area is 215 Å². The number of aromatic hydroxyl groups is 4. The van der Waals surface area contributed by atoms with E-state index in [1.807, 2.05) is 0 Å². The second-order valence-electron chi connectivity index (χ2n) is 8.78. The highest BCUT2D eigenvalue weighted by atomic mass is 16.7. The number of aliphatic hydroxyl groups excluding tert-OH is 2. The first-order valence-corrected chi connectivity index (χ1v) is 11.5. The van der Waals surface area contributed by atoms with E-state index in [0.29, 0.717) is 0 Å². The van der Waals surface area contributed by atoms with Gasteiger partial charge in [0.05, 0.1) is 6.10 Å². The quantitative estimate of drug-likeness (QED) is 0.160. The maximum absolute atomic E-state index is 13.5. The molecule has 38 heavy (non-hydrogen) atoms. The van der Waals surface area contributed by atoms with Gasteiger partial charge in [-0.3, -0.25) is 4.79 Å². The zero-order valence-electron chi connectivity index (χ0n) is 20.5. The Morgan fingerprint density at radius 2 is 1.71 bits per heavy atom. The first kappa shape index (κ1) is 26.8. The molecular formula is C26H26O12. The number of phenols is 4. The first-order chi connectivity index (χ1) is 17.9. The summed E-state index contributed by atoms with van der Waals surface area (Å²) in [4.78, 5) is 25.8. The lowest BCUT2D eigenvalue weighted by molar-refractivity contribution is -0.272. The van der Waals surface area contributed by atoms with Gasteiger partial charge in [0.25, 0.3) is 0 Å². The second kappa shape index (κ2) is 10.2. The zero-order chi connectivity index (χ0) is 27.9. The van der Waals surface area contributed by atoms with Gasteiger partial charge in [0.15, 0.2) is 29.5 Å². The highest BCUT2D eigenvalue weighted by Gasteiger charge is 2.47. The molecule has 0 bridgehead atoms. The van der Waals surface area contributed by atoms with Gasteiger partial charge in [0, 0.05) is 23.3 Å². The minimum atomic E-state index is -1.78. The van der Waals surface area contributed by atoms with Crippen LogP contribution in [-0.2, 0) is 14.3 Å². The van der Waals surface area contributed by atoms with Gasteiger partial charge in [0.2, 0.25) is 17.5 Å². The number of hydrogen-bond donors (Lipinski definition) is 6. The van der Waals surface area contributed by atoms with E-state index < -0.39 is 70.9 Å². The third-order valence-corrected chi connectivity index (χ3v) is 6.17. The first-order valence-electron chi connectivity index (χ1n) is 11.5. The normalized spacial score (nSPS) is 23.8. The molecule has 0 radical (unpaired) electrons. The molecule has 5 atom stereocenters. The molecule has 12 heteroatoms. The minimum Gasteiger partial charge on any atom is -0.508 e. The Hall–Kier alpha value is -4.26. The van der Waals surface area contributed by atoms with Crippen LogP contribution in [0, 0.1) is 0 Å². The molecule has 12 nitrogen and oxygen atoms in total. The van der Waals surface area contributed by atoms with Gasteiger partial charge in [-0.15, -0.1) is 0 Å². The molecule has 3 aromatic rings. The lowest BCUT2D eigenvalue weighted by Gasteiger charge is -2.40. The Kier molecular flexibility index (Phi) is 7.22. The van der Waals surface area contributed by atoms with Gasteiger partial charge >= 0.3 is 5.97 Å². The van der Waals surface area contributed by atoms with E-state index in [2.05, 4.69) is 0 Å². The van der Waals surface area contributed by atoms with Crippen LogP contribution in [0.25, 0.3) is 22.3 Å². The lowest BCUT2D eigenvalue weighted by Crippen LogP contribution is -2.60. The summed E-state index contributed by atoms with van der Waals surface area (Å²) in [6.45, 7) is 4.53. The number of carbonyl (C=O) groups excluding carboxylic acids is 1. The van der Waals surface area contributed by atoms with Crippen LogP contribution in [0.15, 0.2) is 51.2 Å². The number of esters is 1. The van der Waals surface area contributed by atoms with Crippen molar-refractivity contribution in [1.29, 1.82) is 0 Å². The predicted molar refractivity (Wildman–Crippen MR) is 131 cm³/mol. The highest BCUT2D eigenvalue weighted by molar-refractivity contribution is 5.89. The summed E-state index contributed by atoms with van der Waals surface area (Å²) in [5.74, 6) is -3.71. The molecule has 1 saturated heterocycles. The summed E-state index contributed by atoms with van der Waals surface area (Å²) in [7, 11) is 0. The number of rotatable bonds is 5. The molecular weight excluding hydrogens is 504 g/mol. The largest absolute Gasteiger partial charge is 0.508 e. The van der Waals surface area contributed by atoms with Crippen molar-refractivity contribution in [3.63, 3.8) is 0 Å². The molecule has 1 aliphatic heterocycles. The summed E-state index contributed by atoms with van der Waals surface area (Å²) in [6.07, 6.45) is -5.91. The molecule has 5 unspecified atom stereocenters. The molecule has 1 aliphatic rings. The van der Waals surface area contributed by atoms with Gasteiger partial charge in [-0.1, -0.05) is 6.08 Å². The van der Waals surface area contributed by atoms with Crippen molar-refractivity contribution in [1.82, 2.24) is 0 Å². The summed E-state index contributed by atoms with van der Waals surface area (Å²) in [6, 6.07) is 5.49. The van der Waals surface area contributed by atoms with Crippen LogP contribution in [0.2, 0.25) is 0 Å². The van der Waals surface area contributed by atoms with Crippen LogP contribution in [0.1, 0.15) is 20.8 Å². The van der Waals surface area contributed by atoms with E-state index in [1.54, 1.807) is 6.92 Å².